The standard InChI is InChI=1S/C9H12FNO.ClH/c1-12-6-9(11)7-4-2-3-5-8(7)10;/h2-5,9H,6,11H2,1H3;1H/t9-;/m1./s1. The summed E-state index contributed by atoms with van der Waals surface area (Å²) in [5.74, 6) is -0.276. The second kappa shape index (κ2) is 5.91. The van der Waals surface area contributed by atoms with Crippen molar-refractivity contribution in [1.29, 1.82) is 0 Å². The third-order valence-corrected chi connectivity index (χ3v) is 1.65. The first-order chi connectivity index (χ1) is 5.75. The Morgan fingerprint density at radius 2 is 2.08 bits per heavy atom. The predicted octanol–water partition coefficient (Wildman–Crippen LogP) is 1.89. The van der Waals surface area contributed by atoms with Gasteiger partial charge in [-0.1, -0.05) is 18.2 Å². The average Bonchev–Trinajstić information content (AvgIpc) is 2.05. The van der Waals surface area contributed by atoms with Crippen LogP contribution in [0.2, 0.25) is 0 Å². The summed E-state index contributed by atoms with van der Waals surface area (Å²) in [6, 6.07) is 6.08. The molecular weight excluding hydrogens is 193 g/mol. The molecule has 4 heteroatoms. The molecule has 1 atom stereocenters. The van der Waals surface area contributed by atoms with Crippen molar-refractivity contribution in [3.05, 3.63) is 35.6 Å². The van der Waals surface area contributed by atoms with E-state index in [0.717, 1.165) is 0 Å². The van der Waals surface area contributed by atoms with Crippen LogP contribution in [0.5, 0.6) is 0 Å². The van der Waals surface area contributed by atoms with Crippen LogP contribution in [0, 0.1) is 5.82 Å². The van der Waals surface area contributed by atoms with E-state index in [4.69, 9.17) is 10.5 Å². The molecule has 0 aliphatic rings. The number of ether oxygens (including phenoxy) is 1. The van der Waals surface area contributed by atoms with Crippen LogP contribution in [0.3, 0.4) is 0 Å². The predicted molar refractivity (Wildman–Crippen MR) is 52.5 cm³/mol. The molecule has 2 N–H and O–H groups in total. The molecule has 0 radical (unpaired) electrons. The lowest BCUT2D eigenvalue weighted by Crippen LogP contribution is -2.17. The number of halogens is 2. The molecule has 0 amide bonds. The minimum Gasteiger partial charge on any atom is -0.383 e. The van der Waals surface area contributed by atoms with E-state index >= 15 is 0 Å². The molecule has 0 aromatic heterocycles. The molecule has 0 aliphatic heterocycles. The number of hydrogen-bond donors (Lipinski definition) is 1. The van der Waals surface area contributed by atoms with E-state index in [1.54, 1.807) is 25.3 Å². The smallest absolute Gasteiger partial charge is 0.128 e. The van der Waals surface area contributed by atoms with E-state index in [2.05, 4.69) is 0 Å². The normalized spacial score (nSPS) is 11.9. The molecular formula is C9H13ClFNO. The summed E-state index contributed by atoms with van der Waals surface area (Å²) >= 11 is 0. The van der Waals surface area contributed by atoms with Crippen LogP contribution in [0.15, 0.2) is 24.3 Å². The number of hydrogen-bond acceptors (Lipinski definition) is 2. The zero-order chi connectivity index (χ0) is 8.97. The van der Waals surface area contributed by atoms with Crippen molar-refractivity contribution < 1.29 is 9.13 Å². The first-order valence-electron chi connectivity index (χ1n) is 3.74. The molecule has 74 valence electrons. The fraction of sp³-hybridized carbons (Fsp3) is 0.333. The van der Waals surface area contributed by atoms with Gasteiger partial charge in [-0.2, -0.15) is 0 Å². The van der Waals surface area contributed by atoms with Gasteiger partial charge in [0.05, 0.1) is 12.6 Å². The Bertz CT molecular complexity index is 257. The monoisotopic (exact) mass is 205 g/mol. The molecule has 0 saturated carbocycles. The van der Waals surface area contributed by atoms with Crippen LogP contribution in [0.25, 0.3) is 0 Å². The van der Waals surface area contributed by atoms with Crippen LogP contribution in [-0.2, 0) is 4.74 Å². The van der Waals surface area contributed by atoms with E-state index in [-0.39, 0.29) is 24.3 Å². The number of nitrogens with two attached hydrogens (primary N) is 1. The van der Waals surface area contributed by atoms with Gasteiger partial charge in [-0.15, -0.1) is 12.4 Å². The summed E-state index contributed by atoms with van der Waals surface area (Å²) in [6.07, 6.45) is 0. The van der Waals surface area contributed by atoms with E-state index in [1.807, 2.05) is 0 Å². The number of methoxy groups -OCH3 is 1. The Kier molecular flexibility index (Phi) is 5.62. The summed E-state index contributed by atoms with van der Waals surface area (Å²) in [6.45, 7) is 0.334. The van der Waals surface area contributed by atoms with Gasteiger partial charge in [-0.3, -0.25) is 0 Å². The molecule has 0 bridgehead atoms. The van der Waals surface area contributed by atoms with Crippen molar-refractivity contribution >= 4 is 12.4 Å². The minimum atomic E-state index is -0.379. The number of benzene rings is 1. The highest BCUT2D eigenvalue weighted by Crippen LogP contribution is 2.13. The van der Waals surface area contributed by atoms with Gasteiger partial charge in [0.1, 0.15) is 5.82 Å². The van der Waals surface area contributed by atoms with Crippen molar-refractivity contribution in [1.82, 2.24) is 0 Å². The van der Waals surface area contributed by atoms with Gasteiger partial charge in [-0.05, 0) is 6.07 Å². The lowest BCUT2D eigenvalue weighted by molar-refractivity contribution is 0.179. The molecule has 0 fully saturated rings. The van der Waals surface area contributed by atoms with Gasteiger partial charge in [0.2, 0.25) is 0 Å². The largest absolute Gasteiger partial charge is 0.383 e. The SMILES string of the molecule is COC[C@@H](N)c1ccccc1F.Cl. The fourth-order valence-corrected chi connectivity index (χ4v) is 1.05. The van der Waals surface area contributed by atoms with E-state index in [0.29, 0.717) is 12.2 Å². The summed E-state index contributed by atoms with van der Waals surface area (Å²) in [5.41, 5.74) is 6.14. The van der Waals surface area contributed by atoms with E-state index < -0.39 is 0 Å². The number of rotatable bonds is 3. The Hall–Kier alpha value is -0.640. The first-order valence-corrected chi connectivity index (χ1v) is 3.74. The quantitative estimate of drug-likeness (QED) is 0.818. The van der Waals surface area contributed by atoms with Crippen molar-refractivity contribution in [2.24, 2.45) is 5.73 Å². The van der Waals surface area contributed by atoms with Gasteiger partial charge in [-0.25, -0.2) is 4.39 Å². The fourth-order valence-electron chi connectivity index (χ4n) is 1.05. The highest BCUT2D eigenvalue weighted by molar-refractivity contribution is 5.85. The van der Waals surface area contributed by atoms with Crippen molar-refractivity contribution in [2.75, 3.05) is 13.7 Å². The zero-order valence-corrected chi connectivity index (χ0v) is 8.18. The maximum Gasteiger partial charge on any atom is 0.128 e. The third-order valence-electron chi connectivity index (χ3n) is 1.65. The van der Waals surface area contributed by atoms with Crippen molar-refractivity contribution in [2.45, 2.75) is 6.04 Å². The molecule has 2 nitrogen and oxygen atoms in total. The molecule has 1 aromatic rings. The van der Waals surface area contributed by atoms with Gasteiger partial charge in [0, 0.05) is 12.7 Å². The lowest BCUT2D eigenvalue weighted by atomic mass is 10.1. The Balaban J connectivity index is 0.00000144. The second-order valence-corrected chi connectivity index (χ2v) is 2.58. The van der Waals surface area contributed by atoms with E-state index in [9.17, 15) is 4.39 Å². The highest BCUT2D eigenvalue weighted by atomic mass is 35.5. The maximum atomic E-state index is 13.0. The summed E-state index contributed by atoms with van der Waals surface area (Å²) in [5, 5.41) is 0. The van der Waals surface area contributed by atoms with E-state index in [1.165, 1.54) is 6.07 Å². The minimum absolute atomic E-state index is 0. The lowest BCUT2D eigenvalue weighted by Gasteiger charge is -2.10. The highest BCUT2D eigenvalue weighted by Gasteiger charge is 2.09. The Labute approximate surface area is 83.3 Å². The average molecular weight is 206 g/mol. The summed E-state index contributed by atoms with van der Waals surface area (Å²) in [4.78, 5) is 0. The Morgan fingerprint density at radius 1 is 1.46 bits per heavy atom. The second-order valence-electron chi connectivity index (χ2n) is 2.58. The van der Waals surface area contributed by atoms with Crippen LogP contribution < -0.4 is 5.73 Å². The van der Waals surface area contributed by atoms with Crippen molar-refractivity contribution in [3.8, 4) is 0 Å². The molecule has 0 heterocycles. The van der Waals surface area contributed by atoms with Gasteiger partial charge < -0.3 is 10.5 Å². The molecule has 13 heavy (non-hydrogen) atoms. The van der Waals surface area contributed by atoms with Crippen LogP contribution in [-0.4, -0.2) is 13.7 Å². The van der Waals surface area contributed by atoms with Crippen molar-refractivity contribution in [3.63, 3.8) is 0 Å². The summed E-state index contributed by atoms with van der Waals surface area (Å²) < 4.78 is 17.8. The molecule has 0 unspecified atom stereocenters. The molecule has 0 spiro atoms. The maximum absolute atomic E-state index is 13.0. The van der Waals surface area contributed by atoms with Crippen LogP contribution in [0.4, 0.5) is 4.39 Å². The zero-order valence-electron chi connectivity index (χ0n) is 7.37. The van der Waals surface area contributed by atoms with Gasteiger partial charge in [0.15, 0.2) is 0 Å². The summed E-state index contributed by atoms with van der Waals surface area (Å²) in [7, 11) is 1.54. The van der Waals surface area contributed by atoms with Crippen LogP contribution >= 0.6 is 12.4 Å². The Morgan fingerprint density at radius 3 is 2.62 bits per heavy atom. The first kappa shape index (κ1) is 12.4. The molecule has 0 aliphatic carbocycles. The molecule has 1 aromatic carbocycles. The van der Waals surface area contributed by atoms with Crippen LogP contribution in [0.1, 0.15) is 11.6 Å². The molecule has 1 rings (SSSR count). The topological polar surface area (TPSA) is 35.2 Å². The molecule has 0 saturated heterocycles. The van der Waals surface area contributed by atoms with Gasteiger partial charge >= 0.3 is 0 Å². The third kappa shape index (κ3) is 3.30. The van der Waals surface area contributed by atoms with Gasteiger partial charge in [0.25, 0.3) is 0 Å².